The van der Waals surface area contributed by atoms with Gasteiger partial charge in [-0.25, -0.2) is 4.98 Å². The molecule has 5 heteroatoms. The quantitative estimate of drug-likeness (QED) is 0.859. The molecule has 2 N–H and O–H groups in total. The molecule has 1 aliphatic rings. The van der Waals surface area contributed by atoms with E-state index < -0.39 is 0 Å². The van der Waals surface area contributed by atoms with E-state index in [1.807, 2.05) is 19.2 Å². The smallest absolute Gasteiger partial charge is 0.234 e. The van der Waals surface area contributed by atoms with Crippen LogP contribution in [-0.4, -0.2) is 23.5 Å². The fraction of sp³-hybridized carbons (Fsp3) is 0.692. The lowest BCUT2D eigenvalue weighted by Gasteiger charge is -2.14. The largest absolute Gasteiger partial charge is 0.346 e. The van der Waals surface area contributed by atoms with Crippen LogP contribution in [0.15, 0.2) is 5.38 Å². The van der Waals surface area contributed by atoms with E-state index in [0.717, 1.165) is 10.7 Å². The number of amides is 1. The molecule has 4 nitrogen and oxygen atoms in total. The van der Waals surface area contributed by atoms with Gasteiger partial charge in [-0.15, -0.1) is 11.3 Å². The highest BCUT2D eigenvalue weighted by Gasteiger charge is 2.17. The average Bonchev–Trinajstić information content (AvgIpc) is 2.97. The van der Waals surface area contributed by atoms with Gasteiger partial charge in [0.25, 0.3) is 0 Å². The number of hydrogen-bond donors (Lipinski definition) is 2. The fourth-order valence-electron chi connectivity index (χ4n) is 2.29. The van der Waals surface area contributed by atoms with Crippen molar-refractivity contribution in [2.24, 2.45) is 0 Å². The Morgan fingerprint density at radius 2 is 2.28 bits per heavy atom. The van der Waals surface area contributed by atoms with Crippen LogP contribution >= 0.6 is 11.3 Å². The molecule has 1 aromatic rings. The molecule has 0 bridgehead atoms. The lowest BCUT2D eigenvalue weighted by atomic mass is 10.2. The zero-order valence-electron chi connectivity index (χ0n) is 11.0. The topological polar surface area (TPSA) is 54.0 Å². The predicted octanol–water partition coefficient (Wildman–Crippen LogP) is 2.16. The summed E-state index contributed by atoms with van der Waals surface area (Å²) < 4.78 is 0. The first-order chi connectivity index (χ1) is 8.65. The molecule has 0 saturated heterocycles. The molecule has 1 unspecified atom stereocenters. The van der Waals surface area contributed by atoms with Gasteiger partial charge in [-0.05, 0) is 26.7 Å². The molecule has 2 rings (SSSR count). The Morgan fingerprint density at radius 3 is 2.89 bits per heavy atom. The predicted molar refractivity (Wildman–Crippen MR) is 73.7 cm³/mol. The number of thiazole rings is 1. The van der Waals surface area contributed by atoms with Crippen LogP contribution < -0.4 is 10.6 Å². The van der Waals surface area contributed by atoms with Gasteiger partial charge in [0.15, 0.2) is 0 Å². The van der Waals surface area contributed by atoms with E-state index in [1.54, 1.807) is 11.3 Å². The van der Waals surface area contributed by atoms with Crippen molar-refractivity contribution >= 4 is 17.2 Å². The molecule has 1 fully saturated rings. The van der Waals surface area contributed by atoms with Gasteiger partial charge in [-0.2, -0.15) is 0 Å². The second-order valence-corrected chi connectivity index (χ2v) is 5.87. The zero-order chi connectivity index (χ0) is 13.0. The van der Waals surface area contributed by atoms with Crippen molar-refractivity contribution in [3.63, 3.8) is 0 Å². The number of aromatic nitrogens is 1. The van der Waals surface area contributed by atoms with E-state index in [-0.39, 0.29) is 11.9 Å². The van der Waals surface area contributed by atoms with Crippen LogP contribution in [0.2, 0.25) is 0 Å². The van der Waals surface area contributed by atoms with E-state index >= 15 is 0 Å². The summed E-state index contributed by atoms with van der Waals surface area (Å²) >= 11 is 1.60. The van der Waals surface area contributed by atoms with Crippen LogP contribution in [0.25, 0.3) is 0 Å². The first kappa shape index (κ1) is 13.5. The van der Waals surface area contributed by atoms with Crippen molar-refractivity contribution < 1.29 is 4.79 Å². The summed E-state index contributed by atoms with van der Waals surface area (Å²) in [5.41, 5.74) is 1.01. The summed E-state index contributed by atoms with van der Waals surface area (Å²) in [6.07, 6.45) is 4.98. The van der Waals surface area contributed by atoms with Gasteiger partial charge in [0.2, 0.25) is 5.91 Å². The molecule has 0 aromatic carbocycles. The summed E-state index contributed by atoms with van der Waals surface area (Å²) in [5, 5.41) is 9.28. The van der Waals surface area contributed by atoms with Crippen LogP contribution in [0.4, 0.5) is 0 Å². The molecule has 0 radical (unpaired) electrons. The Balaban J connectivity index is 1.73. The van der Waals surface area contributed by atoms with Crippen molar-refractivity contribution in [3.05, 3.63) is 16.1 Å². The van der Waals surface area contributed by atoms with Crippen LogP contribution in [0, 0.1) is 6.92 Å². The van der Waals surface area contributed by atoms with Crippen molar-refractivity contribution in [2.45, 2.75) is 51.6 Å². The van der Waals surface area contributed by atoms with E-state index in [0.29, 0.717) is 12.6 Å². The van der Waals surface area contributed by atoms with Gasteiger partial charge in [0.05, 0.1) is 12.6 Å². The van der Waals surface area contributed by atoms with Crippen LogP contribution in [0.1, 0.15) is 49.4 Å². The van der Waals surface area contributed by atoms with E-state index in [2.05, 4.69) is 15.6 Å². The highest BCUT2D eigenvalue weighted by atomic mass is 32.1. The second-order valence-electron chi connectivity index (χ2n) is 4.98. The van der Waals surface area contributed by atoms with Crippen molar-refractivity contribution in [2.75, 3.05) is 6.54 Å². The van der Waals surface area contributed by atoms with E-state index in [9.17, 15) is 4.79 Å². The molecular formula is C13H21N3OS. The molecule has 1 atom stereocenters. The van der Waals surface area contributed by atoms with Crippen molar-refractivity contribution in [1.29, 1.82) is 0 Å². The summed E-state index contributed by atoms with van der Waals surface area (Å²) in [6.45, 7) is 4.36. The second kappa shape index (κ2) is 6.29. The fourth-order valence-corrected chi connectivity index (χ4v) is 3.10. The van der Waals surface area contributed by atoms with Crippen LogP contribution in [0.5, 0.6) is 0 Å². The Morgan fingerprint density at radius 1 is 1.56 bits per heavy atom. The number of nitrogens with one attached hydrogen (secondary N) is 2. The lowest BCUT2D eigenvalue weighted by Crippen LogP contribution is -2.39. The Bertz CT molecular complexity index is 399. The summed E-state index contributed by atoms with van der Waals surface area (Å²) in [6, 6.07) is 0.537. The third-order valence-electron chi connectivity index (χ3n) is 3.29. The van der Waals surface area contributed by atoms with Crippen LogP contribution in [-0.2, 0) is 4.79 Å². The summed E-state index contributed by atoms with van der Waals surface area (Å²) in [5.74, 6) is 0.0576. The summed E-state index contributed by atoms with van der Waals surface area (Å²) in [4.78, 5) is 16.2. The maximum atomic E-state index is 11.8. The number of carbonyl (C=O) groups excluding carboxylic acids is 1. The molecule has 1 heterocycles. The Kier molecular flexibility index (Phi) is 4.72. The number of hydrogen-bond acceptors (Lipinski definition) is 4. The number of rotatable bonds is 5. The molecule has 18 heavy (non-hydrogen) atoms. The third kappa shape index (κ3) is 3.78. The van der Waals surface area contributed by atoms with Gasteiger partial charge >= 0.3 is 0 Å². The maximum absolute atomic E-state index is 11.8. The van der Waals surface area contributed by atoms with Gasteiger partial charge in [-0.1, -0.05) is 12.8 Å². The van der Waals surface area contributed by atoms with Crippen LogP contribution in [0.3, 0.4) is 0 Å². The van der Waals surface area contributed by atoms with Gasteiger partial charge in [0, 0.05) is 17.1 Å². The van der Waals surface area contributed by atoms with E-state index in [4.69, 9.17) is 0 Å². The molecular weight excluding hydrogens is 246 g/mol. The maximum Gasteiger partial charge on any atom is 0.234 e. The molecule has 1 amide bonds. The van der Waals surface area contributed by atoms with Gasteiger partial charge in [0.1, 0.15) is 5.01 Å². The minimum Gasteiger partial charge on any atom is -0.346 e. The lowest BCUT2D eigenvalue weighted by molar-refractivity contribution is -0.121. The normalized spacial score (nSPS) is 17.9. The molecule has 1 saturated carbocycles. The minimum absolute atomic E-state index is 0.00146. The average molecular weight is 267 g/mol. The molecule has 1 aliphatic carbocycles. The molecule has 100 valence electrons. The molecule has 0 aliphatic heterocycles. The van der Waals surface area contributed by atoms with Crippen molar-refractivity contribution in [1.82, 2.24) is 15.6 Å². The monoisotopic (exact) mass is 267 g/mol. The zero-order valence-corrected chi connectivity index (χ0v) is 11.8. The number of carbonyl (C=O) groups is 1. The Hall–Kier alpha value is -0.940. The van der Waals surface area contributed by atoms with Gasteiger partial charge < -0.3 is 10.6 Å². The minimum atomic E-state index is 0.00146. The Labute approximate surface area is 112 Å². The van der Waals surface area contributed by atoms with Crippen molar-refractivity contribution in [3.8, 4) is 0 Å². The highest BCUT2D eigenvalue weighted by Crippen LogP contribution is 2.18. The SMILES string of the molecule is Cc1csc(C(C)NC(=O)CNC2CCCC2)n1. The first-order valence-corrected chi connectivity index (χ1v) is 7.48. The standard InChI is InChI=1S/C13H21N3OS/c1-9-8-18-13(15-9)10(2)16-12(17)7-14-11-5-3-4-6-11/h8,10-11,14H,3-7H2,1-2H3,(H,16,17). The molecule has 1 aromatic heterocycles. The highest BCUT2D eigenvalue weighted by molar-refractivity contribution is 7.09. The summed E-state index contributed by atoms with van der Waals surface area (Å²) in [7, 11) is 0. The number of nitrogens with zero attached hydrogens (tertiary/aromatic N) is 1. The van der Waals surface area contributed by atoms with E-state index in [1.165, 1.54) is 25.7 Å². The first-order valence-electron chi connectivity index (χ1n) is 6.60. The number of aryl methyl sites for hydroxylation is 1. The molecule has 0 spiro atoms. The van der Waals surface area contributed by atoms with Gasteiger partial charge in [-0.3, -0.25) is 4.79 Å². The third-order valence-corrected chi connectivity index (χ3v) is 4.44.